The molecule has 0 aromatic heterocycles. The number of benzene rings is 1. The first-order valence-electron chi connectivity index (χ1n) is 5.06. The second kappa shape index (κ2) is 4.03. The van der Waals surface area contributed by atoms with Crippen LogP contribution >= 0.6 is 12.2 Å². The van der Waals surface area contributed by atoms with Crippen molar-refractivity contribution < 1.29 is 12.8 Å². The van der Waals surface area contributed by atoms with E-state index in [2.05, 4.69) is 0 Å². The van der Waals surface area contributed by atoms with Crippen molar-refractivity contribution in [2.75, 3.05) is 6.26 Å². The average Bonchev–Trinajstić information content (AvgIpc) is 2.93. The standard InChI is InChI=1S/C11H12FNO2S2/c1-17(14,15)10-8(9(10)11(13)16)6-2-4-7(12)5-3-6/h2-5,8-10H,1H3,(H2,13,16)/t8-,9+,10-/m0/s1. The van der Waals surface area contributed by atoms with E-state index in [1.54, 1.807) is 12.1 Å². The van der Waals surface area contributed by atoms with Crippen molar-refractivity contribution in [1.82, 2.24) is 0 Å². The second-order valence-corrected chi connectivity index (χ2v) is 6.97. The molecule has 0 bridgehead atoms. The highest BCUT2D eigenvalue weighted by molar-refractivity contribution is 7.91. The van der Waals surface area contributed by atoms with Crippen LogP contribution in [0.4, 0.5) is 4.39 Å². The molecule has 17 heavy (non-hydrogen) atoms. The number of nitrogens with two attached hydrogens (primary N) is 1. The molecule has 1 aromatic rings. The molecule has 1 aromatic carbocycles. The van der Waals surface area contributed by atoms with Crippen LogP contribution < -0.4 is 5.73 Å². The van der Waals surface area contributed by atoms with E-state index in [0.29, 0.717) is 0 Å². The molecule has 0 radical (unpaired) electrons. The van der Waals surface area contributed by atoms with Gasteiger partial charge >= 0.3 is 0 Å². The van der Waals surface area contributed by atoms with Gasteiger partial charge < -0.3 is 5.73 Å². The predicted octanol–water partition coefficient (Wildman–Crippen LogP) is 1.24. The Morgan fingerprint density at radius 3 is 2.24 bits per heavy atom. The third-order valence-electron chi connectivity index (χ3n) is 3.03. The summed E-state index contributed by atoms with van der Waals surface area (Å²) in [6, 6.07) is 5.78. The molecule has 0 saturated heterocycles. The van der Waals surface area contributed by atoms with Crippen molar-refractivity contribution >= 4 is 27.0 Å². The predicted molar refractivity (Wildman–Crippen MR) is 68.0 cm³/mol. The summed E-state index contributed by atoms with van der Waals surface area (Å²) in [6.45, 7) is 0. The summed E-state index contributed by atoms with van der Waals surface area (Å²) in [5.74, 6) is -0.911. The fraction of sp³-hybridized carbons (Fsp3) is 0.364. The van der Waals surface area contributed by atoms with E-state index in [1.807, 2.05) is 0 Å². The summed E-state index contributed by atoms with van der Waals surface area (Å²) >= 11 is 4.87. The highest BCUT2D eigenvalue weighted by Crippen LogP contribution is 2.52. The molecule has 0 amide bonds. The van der Waals surface area contributed by atoms with Gasteiger partial charge in [0.1, 0.15) is 5.82 Å². The maximum Gasteiger partial charge on any atom is 0.151 e. The number of rotatable bonds is 3. The van der Waals surface area contributed by atoms with Gasteiger partial charge in [-0.3, -0.25) is 0 Å². The molecule has 2 N–H and O–H groups in total. The molecule has 1 aliphatic rings. The van der Waals surface area contributed by atoms with Gasteiger partial charge in [0, 0.05) is 18.1 Å². The fourth-order valence-corrected chi connectivity index (χ4v) is 4.23. The van der Waals surface area contributed by atoms with Crippen molar-refractivity contribution in [1.29, 1.82) is 0 Å². The molecule has 3 atom stereocenters. The molecular weight excluding hydrogens is 261 g/mol. The largest absolute Gasteiger partial charge is 0.393 e. The van der Waals surface area contributed by atoms with Gasteiger partial charge in [-0.25, -0.2) is 12.8 Å². The lowest BCUT2D eigenvalue weighted by atomic mass is 10.1. The number of hydrogen-bond donors (Lipinski definition) is 1. The molecular formula is C11H12FNO2S2. The minimum atomic E-state index is -3.19. The summed E-state index contributed by atoms with van der Waals surface area (Å²) in [7, 11) is -3.19. The Morgan fingerprint density at radius 1 is 1.35 bits per heavy atom. The molecule has 1 fully saturated rings. The van der Waals surface area contributed by atoms with E-state index in [0.717, 1.165) is 5.56 Å². The molecule has 92 valence electrons. The Labute approximate surface area is 105 Å². The number of thiocarbonyl (C=S) groups is 1. The van der Waals surface area contributed by atoms with Gasteiger partial charge in [0.15, 0.2) is 9.84 Å². The molecule has 6 heteroatoms. The summed E-state index contributed by atoms with van der Waals surface area (Å²) < 4.78 is 35.9. The fourth-order valence-electron chi connectivity index (χ4n) is 2.24. The van der Waals surface area contributed by atoms with Crippen LogP contribution in [0.25, 0.3) is 0 Å². The molecule has 0 heterocycles. The van der Waals surface area contributed by atoms with Crippen molar-refractivity contribution in [3.8, 4) is 0 Å². The van der Waals surface area contributed by atoms with Gasteiger partial charge in [-0.05, 0) is 17.7 Å². The van der Waals surface area contributed by atoms with E-state index < -0.39 is 15.1 Å². The van der Waals surface area contributed by atoms with Gasteiger partial charge in [0.25, 0.3) is 0 Å². The normalized spacial score (nSPS) is 27.8. The summed E-state index contributed by atoms with van der Waals surface area (Å²) in [5.41, 5.74) is 6.30. The number of sulfone groups is 1. The summed E-state index contributed by atoms with van der Waals surface area (Å²) in [5, 5.41) is -0.564. The third kappa shape index (κ3) is 2.32. The van der Waals surface area contributed by atoms with E-state index in [1.165, 1.54) is 18.4 Å². The van der Waals surface area contributed by atoms with E-state index in [9.17, 15) is 12.8 Å². The van der Waals surface area contributed by atoms with E-state index in [-0.39, 0.29) is 22.6 Å². The molecule has 0 aliphatic heterocycles. The van der Waals surface area contributed by atoms with Crippen LogP contribution in [0.5, 0.6) is 0 Å². The Hall–Kier alpha value is -1.01. The van der Waals surface area contributed by atoms with Gasteiger partial charge in [-0.2, -0.15) is 0 Å². The SMILES string of the molecule is CS(=O)(=O)[C@@H]1[C@H](C(N)=S)[C@@H]1c1ccc(F)cc1. The van der Waals surface area contributed by atoms with Crippen LogP contribution in [0.3, 0.4) is 0 Å². The van der Waals surface area contributed by atoms with Crippen LogP contribution in [0, 0.1) is 11.7 Å². The number of hydrogen-bond acceptors (Lipinski definition) is 3. The second-order valence-electron chi connectivity index (χ2n) is 4.30. The van der Waals surface area contributed by atoms with Crippen molar-refractivity contribution in [3.63, 3.8) is 0 Å². The van der Waals surface area contributed by atoms with Gasteiger partial charge in [0.2, 0.25) is 0 Å². The molecule has 0 unspecified atom stereocenters. The maximum absolute atomic E-state index is 12.8. The first kappa shape index (κ1) is 12.4. The van der Waals surface area contributed by atoms with E-state index >= 15 is 0 Å². The first-order chi connectivity index (χ1) is 7.82. The van der Waals surface area contributed by atoms with Crippen LogP contribution in [0.15, 0.2) is 24.3 Å². The van der Waals surface area contributed by atoms with Gasteiger partial charge in [-0.15, -0.1) is 0 Å². The lowest BCUT2D eigenvalue weighted by Gasteiger charge is -1.99. The van der Waals surface area contributed by atoms with Crippen LogP contribution in [-0.2, 0) is 9.84 Å². The Kier molecular flexibility index (Phi) is 2.95. The summed E-state index contributed by atoms with van der Waals surface area (Å²) in [6.07, 6.45) is 1.17. The smallest absolute Gasteiger partial charge is 0.151 e. The van der Waals surface area contributed by atoms with Crippen molar-refractivity contribution in [2.45, 2.75) is 11.2 Å². The highest BCUT2D eigenvalue weighted by atomic mass is 32.2. The lowest BCUT2D eigenvalue weighted by Crippen LogP contribution is -2.16. The van der Waals surface area contributed by atoms with Crippen LogP contribution in [-0.4, -0.2) is 24.9 Å². The third-order valence-corrected chi connectivity index (χ3v) is 4.88. The molecule has 1 aliphatic carbocycles. The van der Waals surface area contributed by atoms with Crippen molar-refractivity contribution in [3.05, 3.63) is 35.6 Å². The molecule has 3 nitrogen and oxygen atoms in total. The highest BCUT2D eigenvalue weighted by Gasteiger charge is 2.58. The van der Waals surface area contributed by atoms with Crippen molar-refractivity contribution in [2.24, 2.45) is 11.7 Å². The monoisotopic (exact) mass is 273 g/mol. The van der Waals surface area contributed by atoms with Gasteiger partial charge in [0.05, 0.1) is 10.2 Å². The maximum atomic E-state index is 12.8. The topological polar surface area (TPSA) is 60.2 Å². The molecule has 1 saturated carbocycles. The minimum Gasteiger partial charge on any atom is -0.393 e. The number of halogens is 1. The zero-order valence-corrected chi connectivity index (χ0v) is 10.8. The lowest BCUT2D eigenvalue weighted by molar-refractivity contribution is 0.599. The van der Waals surface area contributed by atoms with Crippen LogP contribution in [0.1, 0.15) is 11.5 Å². The Morgan fingerprint density at radius 2 is 1.88 bits per heavy atom. The molecule has 0 spiro atoms. The van der Waals surface area contributed by atoms with Crippen LogP contribution in [0.2, 0.25) is 0 Å². The van der Waals surface area contributed by atoms with E-state index in [4.69, 9.17) is 18.0 Å². The quantitative estimate of drug-likeness (QED) is 0.842. The van der Waals surface area contributed by atoms with Gasteiger partial charge in [-0.1, -0.05) is 24.4 Å². The zero-order valence-electron chi connectivity index (χ0n) is 9.13. The Bertz CT molecular complexity index is 553. The first-order valence-corrected chi connectivity index (χ1v) is 7.42. The zero-order chi connectivity index (χ0) is 12.8. The Balaban J connectivity index is 2.34. The molecule has 2 rings (SSSR count). The summed E-state index contributed by atoms with van der Waals surface area (Å²) in [4.78, 5) is 0.203. The average molecular weight is 273 g/mol. The minimum absolute atomic E-state index is 0.203.